The number of alkyl halides is 4. The van der Waals surface area contributed by atoms with Crippen LogP contribution in [0.15, 0.2) is 36.4 Å². The first-order valence-electron chi connectivity index (χ1n) is 6.82. The minimum atomic E-state index is -4.64. The third-order valence-corrected chi connectivity index (χ3v) is 3.67. The maximum absolute atomic E-state index is 14.5. The first kappa shape index (κ1) is 16.8. The van der Waals surface area contributed by atoms with Crippen molar-refractivity contribution in [3.8, 4) is 23.0 Å². The lowest BCUT2D eigenvalue weighted by atomic mass is 10.3. The molecule has 2 atom stereocenters. The van der Waals surface area contributed by atoms with Gasteiger partial charge in [0.1, 0.15) is 23.0 Å². The Morgan fingerprint density at radius 2 is 1.08 bits per heavy atom. The zero-order chi connectivity index (χ0) is 18.6. The molecule has 2 aromatic carbocycles. The largest absolute Gasteiger partial charge is 0.506 e. The molecule has 0 amide bonds. The lowest BCUT2D eigenvalue weighted by Gasteiger charge is -2.14. The van der Waals surface area contributed by atoms with Crippen molar-refractivity contribution >= 4 is 11.4 Å². The Morgan fingerprint density at radius 3 is 1.40 bits per heavy atom. The van der Waals surface area contributed by atoms with Crippen LogP contribution in [0.5, 0.6) is 23.0 Å². The van der Waals surface area contributed by atoms with Crippen molar-refractivity contribution in [3.63, 3.8) is 0 Å². The Balaban J connectivity index is 1.87. The van der Waals surface area contributed by atoms with E-state index in [9.17, 15) is 27.8 Å². The van der Waals surface area contributed by atoms with Gasteiger partial charge in [-0.3, -0.25) is 0 Å². The third kappa shape index (κ3) is 2.24. The molecule has 2 aromatic rings. The van der Waals surface area contributed by atoms with E-state index in [-0.39, 0.29) is 22.9 Å². The van der Waals surface area contributed by atoms with Crippen LogP contribution < -0.4 is 20.9 Å². The van der Waals surface area contributed by atoms with Gasteiger partial charge in [0.15, 0.2) is 0 Å². The second kappa shape index (κ2) is 4.98. The molecule has 1 aliphatic rings. The molecular weight excluding hydrogens is 348 g/mol. The number of benzene rings is 2. The molecule has 2 unspecified atom stereocenters. The van der Waals surface area contributed by atoms with E-state index in [0.29, 0.717) is 0 Å². The van der Waals surface area contributed by atoms with Crippen LogP contribution in [0.3, 0.4) is 0 Å². The number of nitrogen functional groups attached to an aromatic ring is 2. The van der Waals surface area contributed by atoms with Gasteiger partial charge in [-0.15, -0.1) is 0 Å². The van der Waals surface area contributed by atoms with E-state index in [1.54, 1.807) is 0 Å². The summed E-state index contributed by atoms with van der Waals surface area (Å²) in [4.78, 5) is 0. The molecule has 25 heavy (non-hydrogen) atoms. The number of hydrogen-bond acceptors (Lipinski definition) is 6. The first-order valence-corrected chi connectivity index (χ1v) is 6.82. The third-order valence-electron chi connectivity index (χ3n) is 3.67. The molecule has 10 heteroatoms. The zero-order valence-corrected chi connectivity index (χ0v) is 12.3. The molecule has 0 bridgehead atoms. The van der Waals surface area contributed by atoms with Crippen molar-refractivity contribution in [2.24, 2.45) is 0 Å². The Bertz CT molecular complexity index is 783. The molecule has 0 spiro atoms. The van der Waals surface area contributed by atoms with Crippen LogP contribution in [-0.4, -0.2) is 27.8 Å². The van der Waals surface area contributed by atoms with E-state index < -0.39 is 29.1 Å². The summed E-state index contributed by atoms with van der Waals surface area (Å²) in [6, 6.07) is 5.50. The SMILES string of the molecule is Nc1cc(OC2(F)C(F)(F)C2(F)Oc2ccc(O)c(N)c2)ccc1O. The number of rotatable bonds is 4. The summed E-state index contributed by atoms with van der Waals surface area (Å²) in [7, 11) is 0. The number of ether oxygens (including phenoxy) is 2. The Morgan fingerprint density at radius 1 is 0.720 bits per heavy atom. The van der Waals surface area contributed by atoms with Crippen LogP contribution in [0.1, 0.15) is 0 Å². The molecule has 1 fully saturated rings. The van der Waals surface area contributed by atoms with Gasteiger partial charge in [0.05, 0.1) is 11.4 Å². The molecule has 134 valence electrons. The smallest absolute Gasteiger partial charge is 0.399 e. The summed E-state index contributed by atoms with van der Waals surface area (Å²) in [6.07, 6.45) is 0. The molecule has 0 aromatic heterocycles. The highest BCUT2D eigenvalue weighted by Gasteiger charge is 3.03. The van der Waals surface area contributed by atoms with E-state index in [0.717, 1.165) is 36.4 Å². The van der Waals surface area contributed by atoms with Gasteiger partial charge in [0, 0.05) is 12.1 Å². The van der Waals surface area contributed by atoms with Gasteiger partial charge in [-0.25, -0.2) is 0 Å². The highest BCUT2D eigenvalue weighted by molar-refractivity contribution is 5.56. The van der Waals surface area contributed by atoms with E-state index in [1.165, 1.54) is 0 Å². The summed E-state index contributed by atoms with van der Waals surface area (Å²) < 4.78 is 65.3. The van der Waals surface area contributed by atoms with Crippen LogP contribution in [0.4, 0.5) is 28.9 Å². The first-order chi connectivity index (χ1) is 11.5. The van der Waals surface area contributed by atoms with E-state index >= 15 is 0 Å². The van der Waals surface area contributed by atoms with Gasteiger partial charge in [0.2, 0.25) is 0 Å². The Labute approximate surface area is 138 Å². The number of nitrogens with two attached hydrogens (primary N) is 2. The molecule has 0 aliphatic heterocycles. The summed E-state index contributed by atoms with van der Waals surface area (Å²) in [5.74, 6) is -14.7. The zero-order valence-electron chi connectivity index (χ0n) is 12.3. The monoisotopic (exact) mass is 360 g/mol. The molecule has 0 heterocycles. The van der Waals surface area contributed by atoms with Crippen molar-refractivity contribution in [1.82, 2.24) is 0 Å². The number of aromatic hydroxyl groups is 2. The second-order valence-corrected chi connectivity index (χ2v) is 5.41. The molecule has 1 saturated carbocycles. The number of phenols is 2. The average molecular weight is 360 g/mol. The fourth-order valence-corrected chi connectivity index (χ4v) is 2.15. The summed E-state index contributed by atoms with van der Waals surface area (Å²) in [6.45, 7) is 0. The summed E-state index contributed by atoms with van der Waals surface area (Å²) in [5, 5.41) is 18.5. The maximum atomic E-state index is 14.5. The molecule has 1 aliphatic carbocycles. The molecule has 6 nitrogen and oxygen atoms in total. The lowest BCUT2D eigenvalue weighted by Crippen LogP contribution is -2.28. The fourth-order valence-electron chi connectivity index (χ4n) is 2.15. The van der Waals surface area contributed by atoms with Gasteiger partial charge >= 0.3 is 17.6 Å². The van der Waals surface area contributed by atoms with E-state index in [2.05, 4.69) is 9.47 Å². The van der Waals surface area contributed by atoms with Crippen molar-refractivity contribution in [2.75, 3.05) is 11.5 Å². The minimum absolute atomic E-state index is 0.276. The highest BCUT2D eigenvalue weighted by atomic mass is 19.3. The number of phenolic OH excluding ortho intramolecular Hbond substituents is 2. The molecule has 0 radical (unpaired) electrons. The Kier molecular flexibility index (Phi) is 3.35. The Hall–Kier alpha value is -3.04. The number of hydrogen-bond donors (Lipinski definition) is 4. The highest BCUT2D eigenvalue weighted by Crippen LogP contribution is 2.67. The lowest BCUT2D eigenvalue weighted by molar-refractivity contribution is -0.0981. The van der Waals surface area contributed by atoms with Crippen molar-refractivity contribution in [2.45, 2.75) is 17.6 Å². The molecule has 6 N–H and O–H groups in total. The van der Waals surface area contributed by atoms with Crippen LogP contribution in [0.25, 0.3) is 0 Å². The van der Waals surface area contributed by atoms with Crippen molar-refractivity contribution in [1.29, 1.82) is 0 Å². The van der Waals surface area contributed by atoms with Gasteiger partial charge in [-0.2, -0.15) is 17.6 Å². The second-order valence-electron chi connectivity index (χ2n) is 5.41. The number of anilines is 2. The van der Waals surface area contributed by atoms with Crippen molar-refractivity contribution in [3.05, 3.63) is 36.4 Å². The predicted molar refractivity (Wildman–Crippen MR) is 78.9 cm³/mol. The summed E-state index contributed by atoms with van der Waals surface area (Å²) in [5.41, 5.74) is 10.1. The van der Waals surface area contributed by atoms with E-state index in [4.69, 9.17) is 11.5 Å². The van der Waals surface area contributed by atoms with Crippen LogP contribution in [0, 0.1) is 0 Å². The van der Waals surface area contributed by atoms with Crippen molar-refractivity contribution < 1.29 is 37.2 Å². The van der Waals surface area contributed by atoms with Crippen LogP contribution >= 0.6 is 0 Å². The predicted octanol–water partition coefficient (Wildman–Crippen LogP) is 2.70. The fraction of sp³-hybridized carbons (Fsp3) is 0.200. The van der Waals surface area contributed by atoms with Gasteiger partial charge in [-0.05, 0) is 24.3 Å². The maximum Gasteiger partial charge on any atom is 0.399 e. The summed E-state index contributed by atoms with van der Waals surface area (Å²) >= 11 is 0. The van der Waals surface area contributed by atoms with Gasteiger partial charge in [0.25, 0.3) is 0 Å². The average Bonchev–Trinajstić information content (AvgIpc) is 2.85. The quantitative estimate of drug-likeness (QED) is 0.379. The molecule has 3 rings (SSSR count). The minimum Gasteiger partial charge on any atom is -0.506 e. The molecular formula is C15H12F4N2O4. The topological polar surface area (TPSA) is 111 Å². The standard InChI is InChI=1S/C15H12F4N2O4/c16-13(17)14(18,24-7-1-3-11(22)9(20)5-7)15(13,19)25-8-2-4-12(23)10(21)6-8/h1-6,22-23H,20-21H2. The number of halogens is 4. The van der Waals surface area contributed by atoms with Crippen LogP contribution in [-0.2, 0) is 0 Å². The van der Waals surface area contributed by atoms with Crippen LogP contribution in [0.2, 0.25) is 0 Å². The van der Waals surface area contributed by atoms with E-state index in [1.807, 2.05) is 0 Å². The van der Waals surface area contributed by atoms with Gasteiger partial charge in [-0.1, -0.05) is 0 Å². The normalized spacial score (nSPS) is 26.9. The van der Waals surface area contributed by atoms with Gasteiger partial charge < -0.3 is 31.2 Å². The molecule has 0 saturated heterocycles.